The average Bonchev–Trinajstić information content (AvgIpc) is 2.80. The molecule has 0 saturated heterocycles. The molecule has 1 N–H and O–H groups in total. The van der Waals surface area contributed by atoms with Crippen LogP contribution in [0.25, 0.3) is 11.4 Å². The van der Waals surface area contributed by atoms with Crippen molar-refractivity contribution in [1.82, 2.24) is 15.5 Å². The van der Waals surface area contributed by atoms with Gasteiger partial charge in [-0.15, -0.1) is 0 Å². The van der Waals surface area contributed by atoms with Crippen molar-refractivity contribution in [3.8, 4) is 11.4 Å². The minimum absolute atomic E-state index is 0.0585. The van der Waals surface area contributed by atoms with Gasteiger partial charge in [0, 0.05) is 24.1 Å². The lowest BCUT2D eigenvalue weighted by Gasteiger charge is -2.19. The summed E-state index contributed by atoms with van der Waals surface area (Å²) < 4.78 is 18.7. The van der Waals surface area contributed by atoms with Crippen LogP contribution >= 0.6 is 0 Å². The van der Waals surface area contributed by atoms with E-state index in [1.54, 1.807) is 19.1 Å². The number of aryl methyl sites for hydroxylation is 1. The van der Waals surface area contributed by atoms with Crippen LogP contribution in [0.1, 0.15) is 32.2 Å². The first-order valence-electron chi connectivity index (χ1n) is 6.69. The van der Waals surface area contributed by atoms with Crippen molar-refractivity contribution in [3.63, 3.8) is 0 Å². The van der Waals surface area contributed by atoms with Gasteiger partial charge in [-0.1, -0.05) is 17.3 Å². The average molecular weight is 277 g/mol. The van der Waals surface area contributed by atoms with Gasteiger partial charge in [0.05, 0.1) is 0 Å². The molecule has 0 aliphatic rings. The number of aromatic nitrogens is 2. The number of hydrogen-bond donors (Lipinski definition) is 1. The molecule has 20 heavy (non-hydrogen) atoms. The normalized spacial score (nSPS) is 11.8. The number of nitrogens with zero attached hydrogens (tertiary/aromatic N) is 2. The zero-order chi connectivity index (χ0) is 14.8. The highest BCUT2D eigenvalue weighted by Crippen LogP contribution is 2.19. The quantitative estimate of drug-likeness (QED) is 0.933. The molecular weight excluding hydrogens is 257 g/mol. The maximum absolute atomic E-state index is 13.5. The molecular formula is C15H20FN3O. The lowest BCUT2D eigenvalue weighted by atomic mass is 10.1. The molecule has 1 aromatic heterocycles. The van der Waals surface area contributed by atoms with E-state index in [1.807, 2.05) is 0 Å². The van der Waals surface area contributed by atoms with Gasteiger partial charge >= 0.3 is 0 Å². The molecule has 2 aromatic rings. The van der Waals surface area contributed by atoms with Crippen molar-refractivity contribution in [3.05, 3.63) is 35.5 Å². The fourth-order valence-electron chi connectivity index (χ4n) is 1.75. The summed E-state index contributed by atoms with van der Waals surface area (Å²) in [7, 11) is 0. The molecule has 1 heterocycles. The van der Waals surface area contributed by atoms with Crippen LogP contribution in [0, 0.1) is 12.7 Å². The maximum atomic E-state index is 13.5. The van der Waals surface area contributed by atoms with Crippen molar-refractivity contribution < 1.29 is 8.91 Å². The van der Waals surface area contributed by atoms with E-state index < -0.39 is 0 Å². The van der Waals surface area contributed by atoms with E-state index in [-0.39, 0.29) is 11.4 Å². The lowest BCUT2D eigenvalue weighted by molar-refractivity contribution is 0.362. The van der Waals surface area contributed by atoms with Crippen molar-refractivity contribution in [2.75, 3.05) is 6.54 Å². The van der Waals surface area contributed by atoms with E-state index >= 15 is 0 Å². The summed E-state index contributed by atoms with van der Waals surface area (Å²) in [6.45, 7) is 8.77. The predicted molar refractivity (Wildman–Crippen MR) is 75.9 cm³/mol. The summed E-state index contributed by atoms with van der Waals surface area (Å²) in [4.78, 5) is 4.29. The van der Waals surface area contributed by atoms with Gasteiger partial charge in [0.1, 0.15) is 5.82 Å². The molecule has 0 amide bonds. The largest absolute Gasteiger partial charge is 0.339 e. The van der Waals surface area contributed by atoms with E-state index in [0.29, 0.717) is 29.3 Å². The van der Waals surface area contributed by atoms with Gasteiger partial charge in [0.25, 0.3) is 0 Å². The molecule has 0 spiro atoms. The van der Waals surface area contributed by atoms with Crippen molar-refractivity contribution in [2.24, 2.45) is 0 Å². The molecule has 108 valence electrons. The summed E-state index contributed by atoms with van der Waals surface area (Å²) in [5, 5.41) is 7.24. The van der Waals surface area contributed by atoms with Gasteiger partial charge in [0.15, 0.2) is 0 Å². The molecule has 0 bridgehead atoms. The minimum Gasteiger partial charge on any atom is -0.339 e. The van der Waals surface area contributed by atoms with Gasteiger partial charge in [-0.2, -0.15) is 4.98 Å². The second-order valence-corrected chi connectivity index (χ2v) is 5.90. The van der Waals surface area contributed by atoms with Crippen molar-refractivity contribution in [1.29, 1.82) is 0 Å². The Balaban J connectivity index is 2.03. The first-order chi connectivity index (χ1) is 9.35. The first kappa shape index (κ1) is 14.7. The Morgan fingerprint density at radius 1 is 1.30 bits per heavy atom. The topological polar surface area (TPSA) is 51.0 Å². The van der Waals surface area contributed by atoms with Crippen LogP contribution in [0.5, 0.6) is 0 Å². The Bertz CT molecular complexity index is 587. The van der Waals surface area contributed by atoms with E-state index in [9.17, 15) is 4.39 Å². The predicted octanol–water partition coefficient (Wildman–Crippen LogP) is 3.11. The minimum atomic E-state index is -0.261. The summed E-state index contributed by atoms with van der Waals surface area (Å²) in [5.41, 5.74) is 1.29. The third kappa shape index (κ3) is 3.87. The summed E-state index contributed by atoms with van der Waals surface area (Å²) in [6.07, 6.45) is 0.651. The van der Waals surface area contributed by atoms with Crippen LogP contribution < -0.4 is 5.32 Å². The molecule has 0 aliphatic carbocycles. The Morgan fingerprint density at radius 2 is 2.05 bits per heavy atom. The van der Waals surface area contributed by atoms with Gasteiger partial charge in [-0.05, 0) is 39.3 Å². The Hall–Kier alpha value is -1.75. The molecule has 0 fully saturated rings. The van der Waals surface area contributed by atoms with Crippen LogP contribution in [0.2, 0.25) is 0 Å². The van der Waals surface area contributed by atoms with Gasteiger partial charge in [-0.3, -0.25) is 0 Å². The summed E-state index contributed by atoms with van der Waals surface area (Å²) in [6, 6.07) is 4.93. The van der Waals surface area contributed by atoms with E-state index in [4.69, 9.17) is 4.52 Å². The molecule has 0 aliphatic heterocycles. The molecule has 5 heteroatoms. The van der Waals surface area contributed by atoms with Crippen LogP contribution in [-0.2, 0) is 6.42 Å². The lowest BCUT2D eigenvalue weighted by Crippen LogP contribution is -2.37. The number of benzene rings is 1. The SMILES string of the molecule is Cc1ccc(-c2noc(CCNC(C)(C)C)n2)cc1F. The summed E-state index contributed by atoms with van der Waals surface area (Å²) in [5.74, 6) is 0.718. The summed E-state index contributed by atoms with van der Waals surface area (Å²) >= 11 is 0. The Morgan fingerprint density at radius 3 is 2.70 bits per heavy atom. The maximum Gasteiger partial charge on any atom is 0.228 e. The van der Waals surface area contributed by atoms with Gasteiger partial charge in [-0.25, -0.2) is 4.39 Å². The monoisotopic (exact) mass is 277 g/mol. The number of hydrogen-bond acceptors (Lipinski definition) is 4. The van der Waals surface area contributed by atoms with Crippen LogP contribution in [0.4, 0.5) is 4.39 Å². The van der Waals surface area contributed by atoms with Crippen LogP contribution in [0.15, 0.2) is 22.7 Å². The standard InChI is InChI=1S/C15H20FN3O/c1-10-5-6-11(9-12(10)16)14-18-13(20-19-14)7-8-17-15(2,3)4/h5-6,9,17H,7-8H2,1-4H3. The fourth-order valence-corrected chi connectivity index (χ4v) is 1.75. The van der Waals surface area contributed by atoms with E-state index in [1.165, 1.54) is 6.07 Å². The molecule has 0 unspecified atom stereocenters. The zero-order valence-corrected chi connectivity index (χ0v) is 12.3. The van der Waals surface area contributed by atoms with E-state index in [2.05, 4.69) is 36.2 Å². The molecule has 0 saturated carbocycles. The van der Waals surface area contributed by atoms with Crippen molar-refractivity contribution in [2.45, 2.75) is 39.7 Å². The molecule has 4 nitrogen and oxygen atoms in total. The van der Waals surface area contributed by atoms with Crippen LogP contribution in [-0.4, -0.2) is 22.2 Å². The smallest absolute Gasteiger partial charge is 0.228 e. The molecule has 2 rings (SSSR count). The number of nitrogens with one attached hydrogen (secondary N) is 1. The zero-order valence-electron chi connectivity index (χ0n) is 12.3. The highest BCUT2D eigenvalue weighted by atomic mass is 19.1. The molecule has 0 radical (unpaired) electrons. The highest BCUT2D eigenvalue weighted by molar-refractivity contribution is 5.54. The second-order valence-electron chi connectivity index (χ2n) is 5.90. The fraction of sp³-hybridized carbons (Fsp3) is 0.467. The number of rotatable bonds is 4. The third-order valence-electron chi connectivity index (χ3n) is 2.89. The third-order valence-corrected chi connectivity index (χ3v) is 2.89. The Labute approximate surface area is 118 Å². The van der Waals surface area contributed by atoms with E-state index in [0.717, 1.165) is 6.54 Å². The van der Waals surface area contributed by atoms with Gasteiger partial charge in [0.2, 0.25) is 11.7 Å². The van der Waals surface area contributed by atoms with Gasteiger partial charge < -0.3 is 9.84 Å². The van der Waals surface area contributed by atoms with Crippen LogP contribution in [0.3, 0.4) is 0 Å². The number of halogens is 1. The first-order valence-corrected chi connectivity index (χ1v) is 6.69. The molecule has 1 aromatic carbocycles. The van der Waals surface area contributed by atoms with Crippen molar-refractivity contribution >= 4 is 0 Å². The Kier molecular flexibility index (Phi) is 4.18. The molecule has 0 atom stereocenters. The second kappa shape index (κ2) is 5.71. The highest BCUT2D eigenvalue weighted by Gasteiger charge is 2.12.